The lowest BCUT2D eigenvalue weighted by Crippen LogP contribution is -2.48. The Balaban J connectivity index is 4.69. The Labute approximate surface area is 149 Å². The maximum atomic E-state index is 12.1. The number of phosphoric acid groups is 1. The number of carbonyl (C=O) groups excluding carboxylic acids is 2. The lowest BCUT2D eigenvalue weighted by molar-refractivity contribution is -0.141. The van der Waals surface area contributed by atoms with E-state index in [9.17, 15) is 24.1 Å². The number of aliphatic hydroxyl groups excluding tert-OH is 1. The number of nitrogens with one attached hydrogen (secondary N) is 2. The second kappa shape index (κ2) is 10.1. The second-order valence-electron chi connectivity index (χ2n) is 5.80. The van der Waals surface area contributed by atoms with Crippen LogP contribution >= 0.6 is 20.5 Å². The normalized spacial score (nSPS) is 14.5. The number of thiol groups is 1. The first-order valence-electron chi connectivity index (χ1n) is 7.09. The molecule has 0 bridgehead atoms. The highest BCUT2D eigenvalue weighted by atomic mass is 32.1. The van der Waals surface area contributed by atoms with Crippen LogP contribution in [0.1, 0.15) is 20.3 Å². The van der Waals surface area contributed by atoms with Crippen molar-refractivity contribution in [2.45, 2.75) is 32.4 Å². The first-order chi connectivity index (χ1) is 11.3. The zero-order valence-corrected chi connectivity index (χ0v) is 15.5. The van der Waals surface area contributed by atoms with Gasteiger partial charge in [0.1, 0.15) is 6.04 Å². The van der Waals surface area contributed by atoms with Crippen LogP contribution in [0.2, 0.25) is 0 Å². The minimum Gasteiger partial charge on any atom is -0.480 e. The predicted molar refractivity (Wildman–Crippen MR) is 88.8 cm³/mol. The summed E-state index contributed by atoms with van der Waals surface area (Å²) in [5.41, 5.74) is -1.30. The zero-order chi connectivity index (χ0) is 19.8. The Bertz CT molecular complexity index is 537. The molecule has 6 N–H and O–H groups in total. The van der Waals surface area contributed by atoms with Gasteiger partial charge in [-0.15, -0.1) is 0 Å². The van der Waals surface area contributed by atoms with Crippen LogP contribution in [0, 0.1) is 5.41 Å². The molecular weight excluding hydrogens is 379 g/mol. The van der Waals surface area contributed by atoms with Crippen molar-refractivity contribution in [2.75, 3.05) is 18.9 Å². The molecule has 25 heavy (non-hydrogen) atoms. The van der Waals surface area contributed by atoms with Gasteiger partial charge in [-0.05, 0) is 0 Å². The van der Waals surface area contributed by atoms with Crippen molar-refractivity contribution in [3.05, 3.63) is 0 Å². The van der Waals surface area contributed by atoms with Crippen LogP contribution in [0.3, 0.4) is 0 Å². The van der Waals surface area contributed by atoms with Crippen LogP contribution in [0.5, 0.6) is 0 Å². The van der Waals surface area contributed by atoms with Gasteiger partial charge < -0.3 is 30.6 Å². The van der Waals surface area contributed by atoms with Crippen molar-refractivity contribution < 1.29 is 43.5 Å². The van der Waals surface area contributed by atoms with Crippen LogP contribution < -0.4 is 10.6 Å². The molecule has 13 heteroatoms. The molecule has 0 radical (unpaired) electrons. The van der Waals surface area contributed by atoms with Gasteiger partial charge >= 0.3 is 13.8 Å². The van der Waals surface area contributed by atoms with Gasteiger partial charge in [0.25, 0.3) is 0 Å². The highest BCUT2D eigenvalue weighted by molar-refractivity contribution is 7.80. The maximum Gasteiger partial charge on any atom is 0.470 e. The summed E-state index contributed by atoms with van der Waals surface area (Å²) in [6.07, 6.45) is -1.93. The van der Waals surface area contributed by atoms with Gasteiger partial charge in [-0.2, -0.15) is 12.6 Å². The molecule has 2 atom stereocenters. The summed E-state index contributed by atoms with van der Waals surface area (Å²) in [6, 6.07) is -1.18. The lowest BCUT2D eigenvalue weighted by Gasteiger charge is -2.31. The Hall–Kier alpha value is -1.17. The number of carboxylic acid groups (broad SMARTS) is 1. The van der Waals surface area contributed by atoms with Crippen LogP contribution in [-0.2, 0) is 23.5 Å². The van der Waals surface area contributed by atoms with Crippen molar-refractivity contribution >= 4 is 38.2 Å². The molecule has 0 aromatic carbocycles. The Morgan fingerprint density at radius 3 is 2.24 bits per heavy atom. The SMILES string of the molecule is CC(C)(CO)[C@@H](OP(=O)(O)O)C(=O)NCCC(=O)N[C@@H](CS)C(=O)O. The van der Waals surface area contributed by atoms with E-state index in [1.54, 1.807) is 0 Å². The third-order valence-corrected chi connectivity index (χ3v) is 3.92. The Kier molecular flexibility index (Phi) is 9.62. The van der Waals surface area contributed by atoms with Gasteiger partial charge in [0, 0.05) is 24.1 Å². The quantitative estimate of drug-likeness (QED) is 0.159. The van der Waals surface area contributed by atoms with Gasteiger partial charge in [-0.1, -0.05) is 13.8 Å². The molecule has 0 aliphatic carbocycles. The van der Waals surface area contributed by atoms with E-state index in [2.05, 4.69) is 27.8 Å². The molecule has 0 heterocycles. The third-order valence-electron chi connectivity index (χ3n) is 3.07. The van der Waals surface area contributed by atoms with Crippen LogP contribution in [0.15, 0.2) is 0 Å². The number of hydrogen-bond donors (Lipinski definition) is 7. The first kappa shape index (κ1) is 23.8. The molecule has 0 aromatic heterocycles. The zero-order valence-electron chi connectivity index (χ0n) is 13.7. The monoisotopic (exact) mass is 402 g/mol. The average Bonchev–Trinajstić information content (AvgIpc) is 2.48. The molecule has 0 aromatic rings. The fourth-order valence-electron chi connectivity index (χ4n) is 1.61. The van der Waals surface area contributed by atoms with E-state index in [-0.39, 0.29) is 18.7 Å². The molecule has 0 aliphatic rings. The van der Waals surface area contributed by atoms with E-state index in [4.69, 9.17) is 14.9 Å². The molecule has 146 valence electrons. The third kappa shape index (κ3) is 9.19. The molecule has 0 fully saturated rings. The van der Waals surface area contributed by atoms with Crippen molar-refractivity contribution in [3.8, 4) is 0 Å². The summed E-state index contributed by atoms with van der Waals surface area (Å²) in [5.74, 6) is -2.96. The second-order valence-corrected chi connectivity index (χ2v) is 7.36. The molecule has 0 rings (SSSR count). The van der Waals surface area contributed by atoms with E-state index < -0.39 is 49.8 Å². The molecule has 0 saturated carbocycles. The number of carboxylic acids is 1. The summed E-state index contributed by atoms with van der Waals surface area (Å²) in [5, 5.41) is 22.5. The minimum absolute atomic E-state index is 0.115. The lowest BCUT2D eigenvalue weighted by atomic mass is 9.87. The molecule has 0 aliphatic heterocycles. The summed E-state index contributed by atoms with van der Waals surface area (Å²) in [6.45, 7) is 1.91. The van der Waals surface area contributed by atoms with Gasteiger partial charge in [0.2, 0.25) is 11.8 Å². The van der Waals surface area contributed by atoms with E-state index in [0.29, 0.717) is 0 Å². The summed E-state index contributed by atoms with van der Waals surface area (Å²) < 4.78 is 15.4. The van der Waals surface area contributed by atoms with E-state index in [1.807, 2.05) is 0 Å². The maximum absolute atomic E-state index is 12.1. The number of amides is 2. The standard InChI is InChI=1S/C12H23N2O9PS/c1-12(2,6-15)9(23-24(20,21)22)10(17)13-4-3-8(16)14-7(5-25)11(18)19/h7,9,15,25H,3-6H2,1-2H3,(H,13,17)(H,14,16)(H,18,19)(H2,20,21,22)/t7-,9-/m0/s1. The molecule has 0 saturated heterocycles. The van der Waals surface area contributed by atoms with Crippen LogP contribution in [0.25, 0.3) is 0 Å². The molecule has 11 nitrogen and oxygen atoms in total. The molecule has 2 amide bonds. The van der Waals surface area contributed by atoms with Gasteiger partial charge in [0.05, 0.1) is 6.61 Å². The van der Waals surface area contributed by atoms with Crippen molar-refractivity contribution in [1.29, 1.82) is 0 Å². The summed E-state index contributed by atoms with van der Waals surface area (Å²) in [7, 11) is -5.00. The Morgan fingerprint density at radius 1 is 1.28 bits per heavy atom. The molecular formula is C12H23N2O9PS. The fourth-order valence-corrected chi connectivity index (χ4v) is 2.51. The summed E-state index contributed by atoms with van der Waals surface area (Å²) >= 11 is 3.78. The van der Waals surface area contributed by atoms with Crippen LogP contribution in [0.4, 0.5) is 0 Å². The van der Waals surface area contributed by atoms with E-state index in [1.165, 1.54) is 13.8 Å². The Morgan fingerprint density at radius 2 is 1.84 bits per heavy atom. The minimum atomic E-state index is -5.00. The number of rotatable bonds is 11. The van der Waals surface area contributed by atoms with Gasteiger partial charge in [0.15, 0.2) is 6.10 Å². The number of aliphatic hydroxyl groups is 1. The first-order valence-corrected chi connectivity index (χ1v) is 9.26. The van der Waals surface area contributed by atoms with Crippen LogP contribution in [-0.4, -0.2) is 68.8 Å². The predicted octanol–water partition coefficient (Wildman–Crippen LogP) is -1.51. The fraction of sp³-hybridized carbons (Fsp3) is 0.750. The van der Waals surface area contributed by atoms with Crippen molar-refractivity contribution in [2.24, 2.45) is 5.41 Å². The van der Waals surface area contributed by atoms with E-state index >= 15 is 0 Å². The molecule has 0 spiro atoms. The number of carbonyl (C=O) groups is 3. The van der Waals surface area contributed by atoms with Crippen molar-refractivity contribution in [1.82, 2.24) is 10.6 Å². The largest absolute Gasteiger partial charge is 0.480 e. The summed E-state index contributed by atoms with van der Waals surface area (Å²) in [4.78, 5) is 52.2. The molecule has 0 unspecified atom stereocenters. The highest BCUT2D eigenvalue weighted by Gasteiger charge is 2.40. The number of phosphoric ester groups is 1. The smallest absolute Gasteiger partial charge is 0.470 e. The van der Waals surface area contributed by atoms with Gasteiger partial charge in [-0.25, -0.2) is 9.36 Å². The number of aliphatic carboxylic acids is 1. The highest BCUT2D eigenvalue weighted by Crippen LogP contribution is 2.41. The number of hydrogen-bond acceptors (Lipinski definition) is 7. The topological polar surface area (TPSA) is 182 Å². The van der Waals surface area contributed by atoms with E-state index in [0.717, 1.165) is 0 Å². The average molecular weight is 402 g/mol. The van der Waals surface area contributed by atoms with Gasteiger partial charge in [-0.3, -0.25) is 14.1 Å². The van der Waals surface area contributed by atoms with Crippen molar-refractivity contribution in [3.63, 3.8) is 0 Å².